The Balaban J connectivity index is 2.39. The Hall–Kier alpha value is -0.420. The van der Waals surface area contributed by atoms with Gasteiger partial charge in [-0.05, 0) is 45.4 Å². The van der Waals surface area contributed by atoms with Gasteiger partial charge in [0, 0.05) is 31.4 Å². The van der Waals surface area contributed by atoms with Crippen LogP contribution in [0.2, 0.25) is 0 Å². The predicted molar refractivity (Wildman–Crippen MR) is 91.8 cm³/mol. The molecule has 0 aromatic carbocycles. The summed E-state index contributed by atoms with van der Waals surface area (Å²) in [7, 11) is 0. The first-order valence-electron chi connectivity index (χ1n) is 7.92. The van der Waals surface area contributed by atoms with Crippen LogP contribution in [0.4, 0.5) is 0 Å². The maximum absolute atomic E-state index is 4.73. The van der Waals surface area contributed by atoms with Crippen molar-refractivity contribution in [2.24, 2.45) is 10.9 Å². The number of likely N-dealkylation sites (tertiary alicyclic amines) is 1. The van der Waals surface area contributed by atoms with Crippen LogP contribution < -0.4 is 10.6 Å². The van der Waals surface area contributed by atoms with Crippen LogP contribution in [0.15, 0.2) is 4.99 Å². The molecule has 1 rings (SSSR count). The molecule has 1 heterocycles. The quantitative estimate of drug-likeness (QED) is 0.429. The van der Waals surface area contributed by atoms with E-state index in [1.807, 2.05) is 11.8 Å². The van der Waals surface area contributed by atoms with Crippen molar-refractivity contribution in [2.75, 3.05) is 44.7 Å². The third-order valence-corrected chi connectivity index (χ3v) is 4.38. The fourth-order valence-corrected chi connectivity index (χ4v) is 2.88. The van der Waals surface area contributed by atoms with Crippen LogP contribution in [0.5, 0.6) is 0 Å². The summed E-state index contributed by atoms with van der Waals surface area (Å²) in [5, 5.41) is 6.71. The highest BCUT2D eigenvalue weighted by Crippen LogP contribution is 2.17. The number of rotatable bonds is 7. The van der Waals surface area contributed by atoms with E-state index in [1.54, 1.807) is 0 Å². The van der Waals surface area contributed by atoms with Gasteiger partial charge in [0.05, 0.1) is 6.54 Å². The van der Waals surface area contributed by atoms with Gasteiger partial charge in [0.1, 0.15) is 0 Å². The molecule has 0 saturated carbocycles. The van der Waals surface area contributed by atoms with Crippen molar-refractivity contribution in [1.29, 1.82) is 0 Å². The summed E-state index contributed by atoms with van der Waals surface area (Å²) >= 11 is 1.86. The number of guanidine groups is 1. The molecule has 0 aliphatic carbocycles. The van der Waals surface area contributed by atoms with E-state index >= 15 is 0 Å². The number of thioether (sulfide) groups is 1. The molecule has 0 aromatic rings. The van der Waals surface area contributed by atoms with Gasteiger partial charge in [-0.25, -0.2) is 0 Å². The van der Waals surface area contributed by atoms with Crippen LogP contribution >= 0.6 is 11.8 Å². The fraction of sp³-hybridized carbons (Fsp3) is 0.933. The standard InChI is InChI=1S/C15H32N4S/c1-5-16-15(17-8-10-20-4)18-11-14(3)19-9-6-7-13(2)12-19/h13-14H,5-12H2,1-4H3,(H2,16,17,18). The highest BCUT2D eigenvalue weighted by Gasteiger charge is 2.20. The van der Waals surface area contributed by atoms with Gasteiger partial charge in [-0.2, -0.15) is 11.8 Å². The molecule has 0 radical (unpaired) electrons. The largest absolute Gasteiger partial charge is 0.357 e. The molecule has 1 saturated heterocycles. The van der Waals surface area contributed by atoms with Gasteiger partial charge in [0.15, 0.2) is 5.96 Å². The average Bonchev–Trinajstić information content (AvgIpc) is 2.44. The Morgan fingerprint density at radius 3 is 2.90 bits per heavy atom. The molecule has 0 aromatic heterocycles. The summed E-state index contributed by atoms with van der Waals surface area (Å²) in [5.41, 5.74) is 0. The first kappa shape index (κ1) is 17.6. The van der Waals surface area contributed by atoms with Crippen molar-refractivity contribution in [2.45, 2.75) is 39.7 Å². The summed E-state index contributed by atoms with van der Waals surface area (Å²) in [6.45, 7) is 12.0. The molecule has 1 fully saturated rings. The van der Waals surface area contributed by atoms with E-state index in [9.17, 15) is 0 Å². The van der Waals surface area contributed by atoms with E-state index in [-0.39, 0.29) is 0 Å². The molecule has 0 amide bonds. The second-order valence-electron chi connectivity index (χ2n) is 5.73. The van der Waals surface area contributed by atoms with E-state index in [2.05, 4.69) is 42.6 Å². The Morgan fingerprint density at radius 2 is 2.25 bits per heavy atom. The lowest BCUT2D eigenvalue weighted by atomic mass is 9.99. The predicted octanol–water partition coefficient (Wildman–Crippen LogP) is 2.02. The highest BCUT2D eigenvalue weighted by atomic mass is 32.2. The summed E-state index contributed by atoms with van der Waals surface area (Å²) in [6.07, 6.45) is 4.85. The number of nitrogens with one attached hydrogen (secondary N) is 2. The van der Waals surface area contributed by atoms with E-state index in [1.165, 1.54) is 25.9 Å². The van der Waals surface area contributed by atoms with Crippen molar-refractivity contribution >= 4 is 17.7 Å². The highest BCUT2D eigenvalue weighted by molar-refractivity contribution is 7.98. The Morgan fingerprint density at radius 1 is 1.45 bits per heavy atom. The van der Waals surface area contributed by atoms with Crippen molar-refractivity contribution < 1.29 is 0 Å². The monoisotopic (exact) mass is 300 g/mol. The van der Waals surface area contributed by atoms with Crippen molar-refractivity contribution in [3.63, 3.8) is 0 Å². The van der Waals surface area contributed by atoms with Gasteiger partial charge in [-0.15, -0.1) is 0 Å². The van der Waals surface area contributed by atoms with Gasteiger partial charge in [0.25, 0.3) is 0 Å². The second kappa shape index (κ2) is 10.3. The Bertz CT molecular complexity index is 283. The van der Waals surface area contributed by atoms with Gasteiger partial charge >= 0.3 is 0 Å². The van der Waals surface area contributed by atoms with Crippen LogP contribution in [-0.2, 0) is 0 Å². The lowest BCUT2D eigenvalue weighted by Gasteiger charge is -2.35. The maximum Gasteiger partial charge on any atom is 0.191 e. The zero-order chi connectivity index (χ0) is 14.8. The lowest BCUT2D eigenvalue weighted by molar-refractivity contribution is 0.142. The minimum atomic E-state index is 0.536. The molecular formula is C15H32N4S. The van der Waals surface area contributed by atoms with Crippen molar-refractivity contribution in [3.05, 3.63) is 0 Å². The molecule has 2 unspecified atom stereocenters. The zero-order valence-corrected chi connectivity index (χ0v) is 14.4. The number of nitrogens with zero attached hydrogens (tertiary/aromatic N) is 2. The smallest absolute Gasteiger partial charge is 0.191 e. The van der Waals surface area contributed by atoms with E-state index in [0.717, 1.165) is 37.3 Å². The van der Waals surface area contributed by atoms with Crippen LogP contribution in [0, 0.1) is 5.92 Å². The van der Waals surface area contributed by atoms with Crippen LogP contribution in [-0.4, -0.2) is 61.6 Å². The minimum absolute atomic E-state index is 0.536. The van der Waals surface area contributed by atoms with Crippen LogP contribution in [0.1, 0.15) is 33.6 Å². The third kappa shape index (κ3) is 6.84. The molecule has 2 atom stereocenters. The van der Waals surface area contributed by atoms with Crippen LogP contribution in [0.25, 0.3) is 0 Å². The van der Waals surface area contributed by atoms with Gasteiger partial charge in [-0.3, -0.25) is 9.89 Å². The SMILES string of the molecule is CCNC(=NCC(C)N1CCCC(C)C1)NCCSC. The number of piperidine rings is 1. The van der Waals surface area contributed by atoms with Crippen molar-refractivity contribution in [1.82, 2.24) is 15.5 Å². The molecular weight excluding hydrogens is 268 g/mol. The number of hydrogen-bond acceptors (Lipinski definition) is 3. The zero-order valence-electron chi connectivity index (χ0n) is 13.6. The molecule has 5 heteroatoms. The Labute approximate surface area is 129 Å². The molecule has 1 aliphatic rings. The summed E-state index contributed by atoms with van der Waals surface area (Å²) in [6, 6.07) is 0.536. The summed E-state index contributed by atoms with van der Waals surface area (Å²) < 4.78 is 0. The minimum Gasteiger partial charge on any atom is -0.357 e. The fourth-order valence-electron chi connectivity index (χ4n) is 2.58. The first-order chi connectivity index (χ1) is 9.67. The van der Waals surface area contributed by atoms with E-state index in [0.29, 0.717) is 6.04 Å². The average molecular weight is 301 g/mol. The summed E-state index contributed by atoms with van der Waals surface area (Å²) in [4.78, 5) is 7.32. The lowest BCUT2D eigenvalue weighted by Crippen LogP contribution is -2.43. The number of hydrogen-bond donors (Lipinski definition) is 2. The van der Waals surface area contributed by atoms with Gasteiger partial charge in [0.2, 0.25) is 0 Å². The molecule has 0 bridgehead atoms. The molecule has 2 N–H and O–H groups in total. The third-order valence-electron chi connectivity index (χ3n) is 3.77. The summed E-state index contributed by atoms with van der Waals surface area (Å²) in [5.74, 6) is 2.91. The molecule has 0 spiro atoms. The topological polar surface area (TPSA) is 39.7 Å². The maximum atomic E-state index is 4.73. The van der Waals surface area contributed by atoms with Gasteiger partial charge < -0.3 is 10.6 Å². The molecule has 20 heavy (non-hydrogen) atoms. The van der Waals surface area contributed by atoms with Crippen molar-refractivity contribution in [3.8, 4) is 0 Å². The van der Waals surface area contributed by atoms with E-state index < -0.39 is 0 Å². The first-order valence-corrected chi connectivity index (χ1v) is 9.31. The molecule has 4 nitrogen and oxygen atoms in total. The normalized spacial score (nSPS) is 22.6. The molecule has 1 aliphatic heterocycles. The number of aliphatic imine (C=N–C) groups is 1. The second-order valence-corrected chi connectivity index (χ2v) is 6.72. The molecule has 118 valence electrons. The van der Waals surface area contributed by atoms with Gasteiger partial charge in [-0.1, -0.05) is 6.92 Å². The Kier molecular flexibility index (Phi) is 9.10. The van der Waals surface area contributed by atoms with Crippen LogP contribution in [0.3, 0.4) is 0 Å². The van der Waals surface area contributed by atoms with E-state index in [4.69, 9.17) is 4.99 Å².